The molecule has 2 rings (SSSR count). The van der Waals surface area contributed by atoms with Gasteiger partial charge in [-0.25, -0.2) is 8.42 Å². The average molecular weight is 300 g/mol. The Kier molecular flexibility index (Phi) is 3.96. The monoisotopic (exact) mass is 299 g/mol. The number of rotatable bonds is 4. The molecular formula is C13H14ClNO3S. The molecule has 0 N–H and O–H groups in total. The lowest BCUT2D eigenvalue weighted by atomic mass is 10.1. The Labute approximate surface area is 116 Å². The summed E-state index contributed by atoms with van der Waals surface area (Å²) in [5.74, 6) is 0.259. The number of benzene rings is 1. The van der Waals surface area contributed by atoms with Crippen molar-refractivity contribution in [3.63, 3.8) is 0 Å². The van der Waals surface area contributed by atoms with Crippen molar-refractivity contribution in [3.05, 3.63) is 41.1 Å². The van der Waals surface area contributed by atoms with Crippen molar-refractivity contribution in [2.75, 3.05) is 0 Å². The van der Waals surface area contributed by atoms with Gasteiger partial charge >= 0.3 is 0 Å². The van der Waals surface area contributed by atoms with Crippen molar-refractivity contribution in [1.29, 1.82) is 0 Å². The van der Waals surface area contributed by atoms with E-state index >= 15 is 0 Å². The maximum atomic E-state index is 11.1. The minimum atomic E-state index is -3.63. The second kappa shape index (κ2) is 5.35. The summed E-state index contributed by atoms with van der Waals surface area (Å²) in [6, 6.07) is 7.89. The van der Waals surface area contributed by atoms with Crippen LogP contribution in [0.3, 0.4) is 0 Å². The Morgan fingerprint density at radius 3 is 2.42 bits per heavy atom. The van der Waals surface area contributed by atoms with E-state index in [1.54, 1.807) is 6.92 Å². The molecular weight excluding hydrogens is 286 g/mol. The number of aromatic nitrogens is 1. The average Bonchev–Trinajstić information content (AvgIpc) is 2.69. The molecule has 0 fully saturated rings. The molecule has 0 atom stereocenters. The Morgan fingerprint density at radius 1 is 1.26 bits per heavy atom. The Morgan fingerprint density at radius 2 is 1.89 bits per heavy atom. The van der Waals surface area contributed by atoms with Crippen molar-refractivity contribution in [2.45, 2.75) is 26.0 Å². The number of aryl methyl sites for hydroxylation is 1. The van der Waals surface area contributed by atoms with Gasteiger partial charge in [0.05, 0.1) is 0 Å². The molecule has 0 radical (unpaired) electrons. The summed E-state index contributed by atoms with van der Waals surface area (Å²) in [5, 5.41) is 3.78. The molecule has 0 aliphatic carbocycles. The lowest BCUT2D eigenvalue weighted by Gasteiger charge is -2.00. The number of hydrogen-bond acceptors (Lipinski definition) is 4. The molecule has 0 amide bonds. The summed E-state index contributed by atoms with van der Waals surface area (Å²) in [7, 11) is 1.60. The first-order valence-corrected chi connectivity index (χ1v) is 8.35. The standard InChI is InChI=1S/C13H14ClNO3S/c1-3-10-4-6-11(7-5-10)13-9(2)12(15-18-13)8-19(14,16)17/h4-7H,3,8H2,1-2H3. The van der Waals surface area contributed by atoms with E-state index in [9.17, 15) is 8.42 Å². The van der Waals surface area contributed by atoms with Crippen LogP contribution in [0.4, 0.5) is 0 Å². The van der Waals surface area contributed by atoms with Crippen molar-refractivity contribution < 1.29 is 12.9 Å². The maximum Gasteiger partial charge on any atom is 0.238 e. The lowest BCUT2D eigenvalue weighted by Crippen LogP contribution is -1.97. The molecule has 1 aromatic heterocycles. The van der Waals surface area contributed by atoms with E-state index in [0.29, 0.717) is 17.0 Å². The Bertz CT molecular complexity index is 674. The van der Waals surface area contributed by atoms with Gasteiger partial charge in [-0.15, -0.1) is 0 Å². The van der Waals surface area contributed by atoms with E-state index in [4.69, 9.17) is 15.2 Å². The van der Waals surface area contributed by atoms with Gasteiger partial charge in [-0.1, -0.05) is 36.3 Å². The van der Waals surface area contributed by atoms with Crippen LogP contribution >= 0.6 is 10.7 Å². The zero-order valence-corrected chi connectivity index (χ0v) is 12.3. The van der Waals surface area contributed by atoms with Gasteiger partial charge in [0.1, 0.15) is 11.4 Å². The molecule has 0 saturated heterocycles. The van der Waals surface area contributed by atoms with Crippen LogP contribution in [0.1, 0.15) is 23.7 Å². The smallest absolute Gasteiger partial charge is 0.238 e. The highest BCUT2D eigenvalue weighted by atomic mass is 35.7. The summed E-state index contributed by atoms with van der Waals surface area (Å²) in [5.41, 5.74) is 3.16. The van der Waals surface area contributed by atoms with E-state index in [0.717, 1.165) is 12.0 Å². The molecule has 0 bridgehead atoms. The number of hydrogen-bond donors (Lipinski definition) is 0. The summed E-state index contributed by atoms with van der Waals surface area (Å²) in [4.78, 5) is 0. The second-order valence-electron chi connectivity index (χ2n) is 4.32. The zero-order chi connectivity index (χ0) is 14.0. The summed E-state index contributed by atoms with van der Waals surface area (Å²) in [6.07, 6.45) is 0.964. The van der Waals surface area contributed by atoms with Crippen LogP contribution in [0.5, 0.6) is 0 Å². The quantitative estimate of drug-likeness (QED) is 0.813. The predicted molar refractivity (Wildman–Crippen MR) is 74.5 cm³/mol. The van der Waals surface area contributed by atoms with Gasteiger partial charge in [0.25, 0.3) is 0 Å². The van der Waals surface area contributed by atoms with Gasteiger partial charge in [0.2, 0.25) is 9.05 Å². The van der Waals surface area contributed by atoms with E-state index in [-0.39, 0.29) is 5.75 Å². The number of halogens is 1. The third-order valence-electron chi connectivity index (χ3n) is 2.95. The highest BCUT2D eigenvalue weighted by Gasteiger charge is 2.18. The van der Waals surface area contributed by atoms with E-state index in [1.165, 1.54) is 5.56 Å². The molecule has 1 heterocycles. The highest BCUT2D eigenvalue weighted by molar-refractivity contribution is 8.13. The molecule has 6 heteroatoms. The van der Waals surface area contributed by atoms with Crippen molar-refractivity contribution >= 4 is 19.7 Å². The van der Waals surface area contributed by atoms with Gasteiger partial charge in [-0.2, -0.15) is 0 Å². The summed E-state index contributed by atoms with van der Waals surface area (Å²) >= 11 is 0. The second-order valence-corrected chi connectivity index (χ2v) is 7.09. The topological polar surface area (TPSA) is 60.2 Å². The fourth-order valence-electron chi connectivity index (χ4n) is 1.83. The van der Waals surface area contributed by atoms with Crippen LogP contribution in [0, 0.1) is 6.92 Å². The lowest BCUT2D eigenvalue weighted by molar-refractivity contribution is 0.425. The molecule has 1 aromatic carbocycles. The van der Waals surface area contributed by atoms with Gasteiger partial charge in [-0.3, -0.25) is 0 Å². The van der Waals surface area contributed by atoms with Gasteiger partial charge < -0.3 is 4.52 Å². The molecule has 0 saturated carbocycles. The first-order valence-electron chi connectivity index (χ1n) is 5.87. The third kappa shape index (κ3) is 3.36. The van der Waals surface area contributed by atoms with Crippen molar-refractivity contribution in [1.82, 2.24) is 5.16 Å². The van der Waals surface area contributed by atoms with Crippen LogP contribution in [0.25, 0.3) is 11.3 Å². The Hall–Kier alpha value is -1.33. The van der Waals surface area contributed by atoms with Crippen LogP contribution < -0.4 is 0 Å². The molecule has 0 spiro atoms. The van der Waals surface area contributed by atoms with Crippen LogP contribution in [-0.4, -0.2) is 13.6 Å². The molecule has 0 aliphatic rings. The van der Waals surface area contributed by atoms with Gasteiger partial charge in [-0.05, 0) is 18.9 Å². The van der Waals surface area contributed by atoms with E-state index in [2.05, 4.69) is 12.1 Å². The molecule has 0 unspecified atom stereocenters. The largest absolute Gasteiger partial charge is 0.356 e. The number of nitrogens with zero attached hydrogens (tertiary/aromatic N) is 1. The first-order chi connectivity index (χ1) is 8.90. The van der Waals surface area contributed by atoms with Crippen LogP contribution in [0.2, 0.25) is 0 Å². The highest BCUT2D eigenvalue weighted by Crippen LogP contribution is 2.27. The summed E-state index contributed by atoms with van der Waals surface area (Å²) < 4.78 is 27.4. The molecule has 2 aromatic rings. The van der Waals surface area contributed by atoms with Gasteiger partial charge in [0, 0.05) is 21.8 Å². The minimum absolute atomic E-state index is 0.322. The molecule has 0 aliphatic heterocycles. The summed E-state index contributed by atoms with van der Waals surface area (Å²) in [6.45, 7) is 3.86. The van der Waals surface area contributed by atoms with Crippen LogP contribution in [-0.2, 0) is 21.2 Å². The van der Waals surface area contributed by atoms with Crippen molar-refractivity contribution in [2.24, 2.45) is 0 Å². The first kappa shape index (κ1) is 14.1. The Balaban J connectivity index is 2.35. The van der Waals surface area contributed by atoms with Crippen LogP contribution in [0.15, 0.2) is 28.8 Å². The minimum Gasteiger partial charge on any atom is -0.356 e. The third-order valence-corrected chi connectivity index (χ3v) is 3.90. The maximum absolute atomic E-state index is 11.1. The SMILES string of the molecule is CCc1ccc(-c2onc(CS(=O)(=O)Cl)c2C)cc1. The fraction of sp³-hybridized carbons (Fsp3) is 0.308. The zero-order valence-electron chi connectivity index (χ0n) is 10.7. The van der Waals surface area contributed by atoms with Crippen molar-refractivity contribution in [3.8, 4) is 11.3 Å². The normalized spacial score (nSPS) is 11.7. The molecule has 102 valence electrons. The molecule has 4 nitrogen and oxygen atoms in total. The van der Waals surface area contributed by atoms with Gasteiger partial charge in [0.15, 0.2) is 5.76 Å². The predicted octanol–water partition coefficient (Wildman–Crippen LogP) is 3.28. The van der Waals surface area contributed by atoms with E-state index < -0.39 is 9.05 Å². The van der Waals surface area contributed by atoms with E-state index in [1.807, 2.05) is 24.3 Å². The fourth-order valence-corrected chi connectivity index (χ4v) is 2.73. The molecule has 19 heavy (non-hydrogen) atoms.